The number of nitro groups is 1. The Morgan fingerprint density at radius 3 is 2.44 bits per heavy atom. The SMILES string of the molecule is CCN(CC)CCc1ccc(Cl)c([N+](=O)[O-])c1.N. The molecule has 0 aliphatic carbocycles. The zero-order valence-electron chi connectivity index (χ0n) is 10.9. The first-order valence-corrected chi connectivity index (χ1v) is 6.11. The number of nitro benzene ring substituents is 1. The van der Waals surface area contributed by atoms with E-state index in [2.05, 4.69) is 18.7 Å². The minimum Gasteiger partial charge on any atom is -0.344 e. The van der Waals surface area contributed by atoms with Gasteiger partial charge in [-0.15, -0.1) is 0 Å². The molecular formula is C12H20ClN3O2. The number of benzene rings is 1. The second-order valence-corrected chi connectivity index (χ2v) is 4.23. The van der Waals surface area contributed by atoms with Crippen molar-refractivity contribution < 1.29 is 4.92 Å². The second kappa shape index (κ2) is 8.02. The van der Waals surface area contributed by atoms with Crippen LogP contribution in [-0.4, -0.2) is 29.5 Å². The van der Waals surface area contributed by atoms with Gasteiger partial charge >= 0.3 is 0 Å². The Morgan fingerprint density at radius 1 is 1.33 bits per heavy atom. The number of hydrogen-bond donors (Lipinski definition) is 1. The lowest BCUT2D eigenvalue weighted by atomic mass is 10.1. The number of likely N-dealkylation sites (N-methyl/N-ethyl adjacent to an activating group) is 1. The highest BCUT2D eigenvalue weighted by Crippen LogP contribution is 2.25. The standard InChI is InChI=1S/C12H17ClN2O2.H3N/c1-3-14(4-2)8-7-10-5-6-11(13)12(9-10)15(16)17;/h5-6,9H,3-4,7-8H2,1-2H3;1H3. The van der Waals surface area contributed by atoms with Crippen molar-refractivity contribution in [3.8, 4) is 0 Å². The first-order valence-electron chi connectivity index (χ1n) is 5.73. The molecule has 1 aromatic carbocycles. The molecule has 1 aromatic rings. The molecule has 1 rings (SSSR count). The maximum Gasteiger partial charge on any atom is 0.288 e. The molecule has 102 valence electrons. The lowest BCUT2D eigenvalue weighted by Gasteiger charge is -2.17. The summed E-state index contributed by atoms with van der Waals surface area (Å²) in [6.45, 7) is 7.10. The number of rotatable bonds is 6. The molecule has 0 bridgehead atoms. The van der Waals surface area contributed by atoms with E-state index >= 15 is 0 Å². The molecule has 5 nitrogen and oxygen atoms in total. The van der Waals surface area contributed by atoms with E-state index in [0.29, 0.717) is 0 Å². The van der Waals surface area contributed by atoms with Crippen LogP contribution in [0.3, 0.4) is 0 Å². The second-order valence-electron chi connectivity index (χ2n) is 3.82. The summed E-state index contributed by atoms with van der Waals surface area (Å²) < 4.78 is 0. The average molecular weight is 274 g/mol. The van der Waals surface area contributed by atoms with Gasteiger partial charge in [-0.2, -0.15) is 0 Å². The number of halogens is 1. The molecule has 18 heavy (non-hydrogen) atoms. The van der Waals surface area contributed by atoms with E-state index in [-0.39, 0.29) is 16.9 Å². The molecule has 0 radical (unpaired) electrons. The Morgan fingerprint density at radius 2 is 1.94 bits per heavy atom. The minimum atomic E-state index is -0.441. The highest BCUT2D eigenvalue weighted by molar-refractivity contribution is 6.32. The molecule has 0 aliphatic rings. The topological polar surface area (TPSA) is 81.4 Å². The van der Waals surface area contributed by atoms with Crippen LogP contribution in [0.5, 0.6) is 0 Å². The third-order valence-electron chi connectivity index (χ3n) is 2.82. The van der Waals surface area contributed by atoms with Crippen LogP contribution in [0.2, 0.25) is 5.02 Å². The van der Waals surface area contributed by atoms with E-state index in [1.54, 1.807) is 12.1 Å². The van der Waals surface area contributed by atoms with E-state index in [1.165, 1.54) is 0 Å². The predicted octanol–water partition coefficient (Wildman–Crippen LogP) is 3.29. The molecule has 3 N–H and O–H groups in total. The largest absolute Gasteiger partial charge is 0.344 e. The third-order valence-corrected chi connectivity index (χ3v) is 3.14. The van der Waals surface area contributed by atoms with E-state index in [1.807, 2.05) is 6.07 Å². The molecule has 0 atom stereocenters. The fourth-order valence-electron chi connectivity index (χ4n) is 1.68. The fourth-order valence-corrected chi connectivity index (χ4v) is 1.87. The first-order chi connectivity index (χ1) is 8.08. The lowest BCUT2D eigenvalue weighted by Crippen LogP contribution is -2.25. The number of nitrogens with zero attached hydrogens (tertiary/aromatic N) is 2. The molecule has 0 amide bonds. The lowest BCUT2D eigenvalue weighted by molar-refractivity contribution is -0.384. The van der Waals surface area contributed by atoms with Crippen molar-refractivity contribution in [1.82, 2.24) is 11.1 Å². The summed E-state index contributed by atoms with van der Waals surface area (Å²) in [6.07, 6.45) is 0.805. The van der Waals surface area contributed by atoms with Crippen molar-refractivity contribution in [2.45, 2.75) is 20.3 Å². The Balaban J connectivity index is 0.00000289. The summed E-state index contributed by atoms with van der Waals surface area (Å²) in [7, 11) is 0. The smallest absolute Gasteiger partial charge is 0.288 e. The van der Waals surface area contributed by atoms with Crippen molar-refractivity contribution in [2.24, 2.45) is 0 Å². The van der Waals surface area contributed by atoms with Crippen molar-refractivity contribution in [3.63, 3.8) is 0 Å². The Kier molecular flexibility index (Phi) is 7.50. The zero-order valence-corrected chi connectivity index (χ0v) is 11.6. The van der Waals surface area contributed by atoms with Gasteiger partial charge in [0, 0.05) is 12.6 Å². The normalized spacial score (nSPS) is 10.2. The van der Waals surface area contributed by atoms with Crippen LogP contribution in [0.15, 0.2) is 18.2 Å². The summed E-state index contributed by atoms with van der Waals surface area (Å²) >= 11 is 5.76. The van der Waals surface area contributed by atoms with Gasteiger partial charge in [0.15, 0.2) is 0 Å². The molecule has 0 saturated heterocycles. The van der Waals surface area contributed by atoms with Crippen molar-refractivity contribution >= 4 is 17.3 Å². The predicted molar refractivity (Wildman–Crippen MR) is 74.6 cm³/mol. The van der Waals surface area contributed by atoms with Crippen LogP contribution in [0, 0.1) is 10.1 Å². The van der Waals surface area contributed by atoms with E-state index in [9.17, 15) is 10.1 Å². The van der Waals surface area contributed by atoms with Crippen molar-refractivity contribution in [3.05, 3.63) is 38.9 Å². The van der Waals surface area contributed by atoms with Gasteiger partial charge in [0.05, 0.1) is 4.92 Å². The van der Waals surface area contributed by atoms with Crippen LogP contribution >= 0.6 is 11.6 Å². The summed E-state index contributed by atoms with van der Waals surface area (Å²) in [5.41, 5.74) is 0.941. The van der Waals surface area contributed by atoms with Crippen LogP contribution in [-0.2, 0) is 6.42 Å². The zero-order chi connectivity index (χ0) is 12.8. The van der Waals surface area contributed by atoms with E-state index in [4.69, 9.17) is 11.6 Å². The Hall–Kier alpha value is -1.17. The van der Waals surface area contributed by atoms with Gasteiger partial charge in [-0.05, 0) is 31.1 Å². The van der Waals surface area contributed by atoms with Gasteiger partial charge in [-0.25, -0.2) is 0 Å². The molecule has 0 heterocycles. The summed E-state index contributed by atoms with van der Waals surface area (Å²) in [5.74, 6) is 0. The third kappa shape index (κ3) is 4.60. The molecule has 6 heteroatoms. The van der Waals surface area contributed by atoms with Gasteiger partial charge < -0.3 is 11.1 Å². The Labute approximate surface area is 112 Å². The minimum absolute atomic E-state index is 0. The first kappa shape index (κ1) is 16.8. The van der Waals surface area contributed by atoms with E-state index in [0.717, 1.165) is 31.6 Å². The van der Waals surface area contributed by atoms with Crippen molar-refractivity contribution in [1.29, 1.82) is 0 Å². The van der Waals surface area contributed by atoms with Gasteiger partial charge in [0.25, 0.3) is 5.69 Å². The van der Waals surface area contributed by atoms with Gasteiger partial charge in [-0.3, -0.25) is 10.1 Å². The average Bonchev–Trinajstić information content (AvgIpc) is 2.32. The highest BCUT2D eigenvalue weighted by atomic mass is 35.5. The summed E-state index contributed by atoms with van der Waals surface area (Å²) in [6, 6.07) is 5.00. The molecule has 0 aliphatic heterocycles. The quantitative estimate of drug-likeness (QED) is 0.637. The maximum atomic E-state index is 10.7. The van der Waals surface area contributed by atoms with Crippen LogP contribution in [0.4, 0.5) is 5.69 Å². The fraction of sp³-hybridized carbons (Fsp3) is 0.500. The monoisotopic (exact) mass is 273 g/mol. The summed E-state index contributed by atoms with van der Waals surface area (Å²) in [5, 5.41) is 10.9. The van der Waals surface area contributed by atoms with Crippen molar-refractivity contribution in [2.75, 3.05) is 19.6 Å². The maximum absolute atomic E-state index is 10.7. The Bertz CT molecular complexity index is 395. The highest BCUT2D eigenvalue weighted by Gasteiger charge is 2.12. The van der Waals surface area contributed by atoms with Crippen LogP contribution in [0.1, 0.15) is 19.4 Å². The van der Waals surface area contributed by atoms with E-state index < -0.39 is 4.92 Å². The summed E-state index contributed by atoms with van der Waals surface area (Å²) in [4.78, 5) is 12.6. The number of hydrogen-bond acceptors (Lipinski definition) is 4. The van der Waals surface area contributed by atoms with Gasteiger partial charge in [-0.1, -0.05) is 31.5 Å². The molecule has 0 aromatic heterocycles. The van der Waals surface area contributed by atoms with Crippen LogP contribution < -0.4 is 6.15 Å². The molecular weight excluding hydrogens is 254 g/mol. The molecule has 0 saturated carbocycles. The van der Waals surface area contributed by atoms with Gasteiger partial charge in [0.1, 0.15) is 5.02 Å². The van der Waals surface area contributed by atoms with Gasteiger partial charge in [0.2, 0.25) is 0 Å². The molecule has 0 fully saturated rings. The molecule has 0 unspecified atom stereocenters. The molecule has 0 spiro atoms. The van der Waals surface area contributed by atoms with Crippen LogP contribution in [0.25, 0.3) is 0 Å².